The molecule has 1 saturated heterocycles. The summed E-state index contributed by atoms with van der Waals surface area (Å²) in [6.07, 6.45) is 3.86. The Hall–Kier alpha value is -0.310. The lowest BCUT2D eigenvalue weighted by molar-refractivity contribution is -0.124. The molecule has 10 heavy (non-hydrogen) atoms. The van der Waals surface area contributed by atoms with E-state index in [0.717, 1.165) is 25.9 Å². The van der Waals surface area contributed by atoms with Crippen LogP contribution in [0.15, 0.2) is 11.1 Å². The predicted molar refractivity (Wildman–Crippen MR) is 43.9 cm³/mol. The Kier molecular flexibility index (Phi) is 2.93. The monoisotopic (exact) mass is 203 g/mol. The lowest BCUT2D eigenvalue weighted by atomic mass is 10.4. The van der Waals surface area contributed by atoms with Crippen LogP contribution >= 0.6 is 15.9 Å². The Bertz CT molecular complexity index is 150. The Morgan fingerprint density at radius 3 is 2.50 bits per heavy atom. The van der Waals surface area contributed by atoms with Crippen LogP contribution in [0, 0.1) is 0 Å². The van der Waals surface area contributed by atoms with E-state index in [1.54, 1.807) is 11.1 Å². The molecule has 0 aromatic heterocycles. The lowest BCUT2D eigenvalue weighted by Crippen LogP contribution is -2.25. The maximum atomic E-state index is 11.1. The van der Waals surface area contributed by atoms with Crippen molar-refractivity contribution in [1.82, 2.24) is 4.90 Å². The highest BCUT2D eigenvalue weighted by Gasteiger charge is 2.14. The van der Waals surface area contributed by atoms with Crippen LogP contribution in [0.5, 0.6) is 0 Å². The first-order valence-electron chi connectivity index (χ1n) is 3.40. The smallest absolute Gasteiger partial charge is 0.247 e. The van der Waals surface area contributed by atoms with Crippen LogP contribution in [0.25, 0.3) is 0 Å². The van der Waals surface area contributed by atoms with Gasteiger partial charge in [0, 0.05) is 19.2 Å². The second-order valence-electron chi connectivity index (χ2n) is 2.33. The van der Waals surface area contributed by atoms with Crippen molar-refractivity contribution in [2.75, 3.05) is 13.1 Å². The summed E-state index contributed by atoms with van der Waals surface area (Å²) in [7, 11) is 0. The van der Waals surface area contributed by atoms with E-state index in [1.807, 2.05) is 4.90 Å². The average Bonchev–Trinajstić information content (AvgIpc) is 2.38. The third-order valence-electron chi connectivity index (χ3n) is 1.62. The second kappa shape index (κ2) is 3.76. The summed E-state index contributed by atoms with van der Waals surface area (Å²) in [6.45, 7) is 1.85. The molecule has 1 heterocycles. The van der Waals surface area contributed by atoms with Crippen molar-refractivity contribution in [1.29, 1.82) is 0 Å². The number of hydrogen-bond donors (Lipinski definition) is 0. The molecule has 1 rings (SSSR count). The number of nitrogens with zero attached hydrogens (tertiary/aromatic N) is 1. The fourth-order valence-corrected chi connectivity index (χ4v) is 1.32. The van der Waals surface area contributed by atoms with Gasteiger partial charge >= 0.3 is 0 Å². The topological polar surface area (TPSA) is 20.3 Å². The fourth-order valence-electron chi connectivity index (χ4n) is 1.10. The molecule has 0 aromatic carbocycles. The van der Waals surface area contributed by atoms with Crippen molar-refractivity contribution in [3.63, 3.8) is 0 Å². The van der Waals surface area contributed by atoms with Crippen molar-refractivity contribution in [2.45, 2.75) is 12.8 Å². The molecule has 56 valence electrons. The van der Waals surface area contributed by atoms with Gasteiger partial charge in [0.15, 0.2) is 0 Å². The quantitative estimate of drug-likeness (QED) is 0.593. The van der Waals surface area contributed by atoms with Gasteiger partial charge in [0.1, 0.15) is 0 Å². The summed E-state index contributed by atoms with van der Waals surface area (Å²) in [6, 6.07) is 0. The zero-order valence-corrected chi connectivity index (χ0v) is 7.30. The van der Waals surface area contributed by atoms with Crippen molar-refractivity contribution in [2.24, 2.45) is 0 Å². The van der Waals surface area contributed by atoms with E-state index < -0.39 is 0 Å². The number of carbonyl (C=O) groups excluding carboxylic acids is 1. The summed E-state index contributed by atoms with van der Waals surface area (Å²) in [5.74, 6) is 0.120. The molecule has 1 fully saturated rings. The third kappa shape index (κ3) is 1.84. The highest BCUT2D eigenvalue weighted by atomic mass is 79.9. The van der Waals surface area contributed by atoms with Crippen LogP contribution < -0.4 is 0 Å². The molecule has 0 radical (unpaired) electrons. The molecule has 1 aliphatic heterocycles. The third-order valence-corrected chi connectivity index (χ3v) is 1.89. The molecule has 0 aromatic rings. The Morgan fingerprint density at radius 1 is 1.40 bits per heavy atom. The number of carbonyl (C=O) groups is 1. The van der Waals surface area contributed by atoms with Gasteiger partial charge in [-0.2, -0.15) is 0 Å². The van der Waals surface area contributed by atoms with Gasteiger partial charge in [0.05, 0.1) is 0 Å². The predicted octanol–water partition coefficient (Wildman–Crippen LogP) is 1.52. The van der Waals surface area contributed by atoms with Gasteiger partial charge in [-0.1, -0.05) is 15.9 Å². The molecule has 0 atom stereocenters. The molecular weight excluding hydrogens is 194 g/mol. The van der Waals surface area contributed by atoms with Crippen LogP contribution in [-0.2, 0) is 4.79 Å². The van der Waals surface area contributed by atoms with E-state index in [4.69, 9.17) is 0 Å². The molecule has 0 saturated carbocycles. The minimum atomic E-state index is 0.120. The van der Waals surface area contributed by atoms with Gasteiger partial charge in [-0.15, -0.1) is 0 Å². The van der Waals surface area contributed by atoms with E-state index in [1.165, 1.54) is 0 Å². The summed E-state index contributed by atoms with van der Waals surface area (Å²) in [5.41, 5.74) is 0. The van der Waals surface area contributed by atoms with E-state index in [2.05, 4.69) is 15.9 Å². The zero-order valence-electron chi connectivity index (χ0n) is 5.72. The Labute approximate surface area is 69.0 Å². The van der Waals surface area contributed by atoms with Gasteiger partial charge in [-0.3, -0.25) is 4.79 Å². The largest absolute Gasteiger partial charge is 0.339 e. The highest BCUT2D eigenvalue weighted by molar-refractivity contribution is 9.11. The maximum absolute atomic E-state index is 11.1. The minimum absolute atomic E-state index is 0.120. The van der Waals surface area contributed by atoms with Crippen LogP contribution in [-0.4, -0.2) is 23.9 Å². The number of hydrogen-bond acceptors (Lipinski definition) is 1. The van der Waals surface area contributed by atoms with Crippen molar-refractivity contribution in [3.05, 3.63) is 11.1 Å². The van der Waals surface area contributed by atoms with Crippen LogP contribution in [0.4, 0.5) is 0 Å². The van der Waals surface area contributed by atoms with E-state index in [-0.39, 0.29) is 5.91 Å². The van der Waals surface area contributed by atoms with Gasteiger partial charge < -0.3 is 4.90 Å². The standard InChI is InChI=1S/C7H10BrNO/c8-4-3-7(10)9-5-1-2-6-9/h3-4H,1-2,5-6H2/b4-3-. The maximum Gasteiger partial charge on any atom is 0.247 e. The van der Waals surface area contributed by atoms with Gasteiger partial charge in [0.25, 0.3) is 0 Å². The summed E-state index contributed by atoms with van der Waals surface area (Å²) >= 11 is 3.07. The number of likely N-dealkylation sites (tertiary alicyclic amines) is 1. The molecular formula is C7H10BrNO. The lowest BCUT2D eigenvalue weighted by Gasteiger charge is -2.10. The van der Waals surface area contributed by atoms with Gasteiger partial charge in [0.2, 0.25) is 5.91 Å². The first kappa shape index (κ1) is 7.79. The molecule has 0 aliphatic carbocycles. The first-order chi connectivity index (χ1) is 4.84. The second-order valence-corrected chi connectivity index (χ2v) is 2.85. The van der Waals surface area contributed by atoms with Crippen LogP contribution in [0.2, 0.25) is 0 Å². The van der Waals surface area contributed by atoms with Crippen molar-refractivity contribution in [3.8, 4) is 0 Å². The molecule has 0 spiro atoms. The van der Waals surface area contributed by atoms with Crippen molar-refractivity contribution >= 4 is 21.8 Å². The van der Waals surface area contributed by atoms with Gasteiger partial charge in [-0.05, 0) is 17.8 Å². The average molecular weight is 204 g/mol. The molecule has 0 unspecified atom stereocenters. The summed E-state index contributed by atoms with van der Waals surface area (Å²) in [5, 5.41) is 0. The number of rotatable bonds is 1. The van der Waals surface area contributed by atoms with Crippen molar-refractivity contribution < 1.29 is 4.79 Å². The van der Waals surface area contributed by atoms with E-state index in [0.29, 0.717) is 0 Å². The molecule has 1 aliphatic rings. The van der Waals surface area contributed by atoms with E-state index in [9.17, 15) is 4.79 Å². The first-order valence-corrected chi connectivity index (χ1v) is 4.32. The SMILES string of the molecule is O=C(/C=C\Br)N1CCCC1. The minimum Gasteiger partial charge on any atom is -0.339 e. The number of halogens is 1. The zero-order chi connectivity index (χ0) is 7.40. The van der Waals surface area contributed by atoms with Crippen LogP contribution in [0.3, 0.4) is 0 Å². The molecule has 0 N–H and O–H groups in total. The molecule has 3 heteroatoms. The van der Waals surface area contributed by atoms with E-state index >= 15 is 0 Å². The fraction of sp³-hybridized carbons (Fsp3) is 0.571. The Morgan fingerprint density at radius 2 is 2.00 bits per heavy atom. The van der Waals surface area contributed by atoms with Gasteiger partial charge in [-0.25, -0.2) is 0 Å². The molecule has 2 nitrogen and oxygen atoms in total. The summed E-state index contributed by atoms with van der Waals surface area (Å²) < 4.78 is 0. The highest BCUT2D eigenvalue weighted by Crippen LogP contribution is 2.07. The normalized spacial score (nSPS) is 18.7. The molecule has 0 bridgehead atoms. The Balaban J connectivity index is 2.40. The van der Waals surface area contributed by atoms with Crippen LogP contribution in [0.1, 0.15) is 12.8 Å². The number of amides is 1. The summed E-state index contributed by atoms with van der Waals surface area (Å²) in [4.78, 5) is 14.5. The molecule has 1 amide bonds.